The summed E-state index contributed by atoms with van der Waals surface area (Å²) >= 11 is 0. The number of hydrogen-bond donors (Lipinski definition) is 0. The third-order valence-corrected chi connectivity index (χ3v) is 15.7. The number of fused-ring (bicyclic) bond motifs is 15. The van der Waals surface area contributed by atoms with Crippen molar-refractivity contribution in [1.29, 1.82) is 0 Å². The number of furan rings is 2. The standard InChI is InChI=1S/C69H40N6O2/c1-7-19-57-47(13-1)48-14-2-8-20-58(48)73(57)44-31-25-41(26-32-44)67-70-68(42-27-33-45(34-28-42)74-59-21-9-3-15-49(59)53-37-55-51-17-5-11-23-63(51)76-65(55)39-61(53)74)72-69(71-67)43-29-35-46(36-30-43)75-60-22-10-4-16-50(60)54-38-56-52-18-6-12-24-64(52)77-66(56)40-62(54)75/h1-40H. The second-order valence-electron chi connectivity index (χ2n) is 19.9. The lowest BCUT2D eigenvalue weighted by Gasteiger charge is -2.12. The molecule has 17 aromatic rings. The van der Waals surface area contributed by atoms with E-state index in [1.165, 1.54) is 32.3 Å². The van der Waals surface area contributed by atoms with Crippen LogP contribution in [-0.4, -0.2) is 28.7 Å². The lowest BCUT2D eigenvalue weighted by atomic mass is 10.1. The van der Waals surface area contributed by atoms with Crippen molar-refractivity contribution in [2.24, 2.45) is 0 Å². The molecule has 8 nitrogen and oxygen atoms in total. The van der Waals surface area contributed by atoms with Crippen LogP contribution in [0.5, 0.6) is 0 Å². The van der Waals surface area contributed by atoms with E-state index in [4.69, 9.17) is 23.8 Å². The fourth-order valence-electron chi connectivity index (χ4n) is 12.2. The Morgan fingerprint density at radius 1 is 0.221 bits per heavy atom. The van der Waals surface area contributed by atoms with Crippen LogP contribution >= 0.6 is 0 Å². The Kier molecular flexibility index (Phi) is 8.68. The first-order chi connectivity index (χ1) is 38.1. The lowest BCUT2D eigenvalue weighted by molar-refractivity contribution is 0.669. The highest BCUT2D eigenvalue weighted by atomic mass is 16.3. The summed E-state index contributed by atoms with van der Waals surface area (Å²) in [4.78, 5) is 15.7. The van der Waals surface area contributed by atoms with Gasteiger partial charge in [0.05, 0.1) is 33.1 Å². The maximum absolute atomic E-state index is 6.42. The molecule has 6 heterocycles. The van der Waals surface area contributed by atoms with Gasteiger partial charge in [-0.3, -0.25) is 0 Å². The van der Waals surface area contributed by atoms with Crippen LogP contribution in [0.4, 0.5) is 0 Å². The van der Waals surface area contributed by atoms with Crippen molar-refractivity contribution in [2.45, 2.75) is 0 Å². The molecular weight excluding hydrogens is 945 g/mol. The third kappa shape index (κ3) is 6.24. The van der Waals surface area contributed by atoms with Crippen LogP contribution in [0.2, 0.25) is 0 Å². The Bertz CT molecular complexity index is 4960. The first kappa shape index (κ1) is 41.9. The Morgan fingerprint density at radius 3 is 0.857 bits per heavy atom. The zero-order chi connectivity index (χ0) is 50.3. The third-order valence-electron chi connectivity index (χ3n) is 15.7. The van der Waals surface area contributed by atoms with E-state index in [2.05, 4.69) is 232 Å². The van der Waals surface area contributed by atoms with E-state index < -0.39 is 0 Å². The summed E-state index contributed by atoms with van der Waals surface area (Å²) in [7, 11) is 0. The number of nitrogens with zero attached hydrogens (tertiary/aromatic N) is 6. The Morgan fingerprint density at radius 2 is 0.506 bits per heavy atom. The average molecular weight is 985 g/mol. The number of hydrogen-bond acceptors (Lipinski definition) is 5. The molecular formula is C69H40N6O2. The van der Waals surface area contributed by atoms with Crippen molar-refractivity contribution in [2.75, 3.05) is 0 Å². The van der Waals surface area contributed by atoms with Crippen LogP contribution < -0.4 is 0 Å². The van der Waals surface area contributed by atoms with E-state index in [-0.39, 0.29) is 0 Å². The Hall–Kier alpha value is -10.6. The van der Waals surface area contributed by atoms with Gasteiger partial charge >= 0.3 is 0 Å². The molecule has 11 aromatic carbocycles. The SMILES string of the molecule is c1ccc2c(c1)oc1cc3c(cc12)c1ccccc1n3-c1ccc(-c2nc(-c3ccc(-n4c5ccccc5c5ccccc54)cc3)nc(-c3ccc(-n4c5ccccc5c5cc6c(cc54)oc4ccccc46)cc3)n2)cc1. The molecule has 0 saturated carbocycles. The first-order valence-corrected chi connectivity index (χ1v) is 25.9. The van der Waals surface area contributed by atoms with E-state index in [1.807, 2.05) is 24.3 Å². The van der Waals surface area contributed by atoms with E-state index >= 15 is 0 Å². The summed E-state index contributed by atoms with van der Waals surface area (Å²) in [5, 5.41) is 11.6. The molecule has 17 rings (SSSR count). The van der Waals surface area contributed by atoms with Gasteiger partial charge in [-0.15, -0.1) is 0 Å². The molecule has 0 fully saturated rings. The summed E-state index contributed by atoms with van der Waals surface area (Å²) in [6.45, 7) is 0. The van der Waals surface area contributed by atoms with Crippen molar-refractivity contribution < 1.29 is 8.83 Å². The highest BCUT2D eigenvalue weighted by molar-refractivity contribution is 6.19. The number of para-hydroxylation sites is 6. The van der Waals surface area contributed by atoms with Crippen LogP contribution in [0.25, 0.3) is 161 Å². The van der Waals surface area contributed by atoms with E-state index in [9.17, 15) is 0 Å². The zero-order valence-corrected chi connectivity index (χ0v) is 41.1. The second kappa shape index (κ2) is 16.0. The van der Waals surface area contributed by atoms with Gasteiger partial charge < -0.3 is 22.5 Å². The van der Waals surface area contributed by atoms with Gasteiger partial charge in [0.2, 0.25) is 0 Å². The summed E-state index contributed by atoms with van der Waals surface area (Å²) in [6, 6.07) is 85.5. The number of aromatic nitrogens is 6. The van der Waals surface area contributed by atoms with Crippen molar-refractivity contribution in [3.05, 3.63) is 243 Å². The molecule has 0 aliphatic rings. The largest absolute Gasteiger partial charge is 0.456 e. The molecule has 0 atom stereocenters. The van der Waals surface area contributed by atoms with Gasteiger partial charge in [-0.2, -0.15) is 0 Å². The van der Waals surface area contributed by atoms with E-state index in [0.717, 1.165) is 111 Å². The lowest BCUT2D eigenvalue weighted by Crippen LogP contribution is -2.01. The van der Waals surface area contributed by atoms with Gasteiger partial charge in [-0.25, -0.2) is 15.0 Å². The topological polar surface area (TPSA) is 79.7 Å². The van der Waals surface area contributed by atoms with Crippen molar-refractivity contribution in [3.8, 4) is 51.2 Å². The average Bonchev–Trinajstić information content (AvgIpc) is 4.39. The summed E-state index contributed by atoms with van der Waals surface area (Å²) in [5.41, 5.74) is 15.9. The predicted octanol–water partition coefficient (Wildman–Crippen LogP) is 18.0. The van der Waals surface area contributed by atoms with Crippen molar-refractivity contribution >= 4 is 109 Å². The summed E-state index contributed by atoms with van der Waals surface area (Å²) in [6.07, 6.45) is 0. The van der Waals surface area contributed by atoms with Crippen LogP contribution in [0.1, 0.15) is 0 Å². The minimum absolute atomic E-state index is 0.579. The Balaban J connectivity index is 0.799. The highest BCUT2D eigenvalue weighted by Crippen LogP contribution is 2.41. The van der Waals surface area contributed by atoms with Crippen molar-refractivity contribution in [1.82, 2.24) is 28.7 Å². The molecule has 0 bridgehead atoms. The molecule has 358 valence electrons. The molecule has 0 radical (unpaired) electrons. The molecule has 0 unspecified atom stereocenters. The van der Waals surface area contributed by atoms with E-state index in [1.54, 1.807) is 0 Å². The monoisotopic (exact) mass is 984 g/mol. The first-order valence-electron chi connectivity index (χ1n) is 25.9. The highest BCUT2D eigenvalue weighted by Gasteiger charge is 2.21. The molecule has 77 heavy (non-hydrogen) atoms. The van der Waals surface area contributed by atoms with Crippen LogP contribution in [-0.2, 0) is 0 Å². The minimum atomic E-state index is 0.579. The van der Waals surface area contributed by atoms with Gasteiger partial charge in [-0.05, 0) is 121 Å². The van der Waals surface area contributed by atoms with E-state index in [0.29, 0.717) is 17.5 Å². The summed E-state index contributed by atoms with van der Waals surface area (Å²) in [5.74, 6) is 1.74. The van der Waals surface area contributed by atoms with Crippen LogP contribution in [0, 0.1) is 0 Å². The number of rotatable bonds is 6. The van der Waals surface area contributed by atoms with Crippen molar-refractivity contribution in [3.63, 3.8) is 0 Å². The smallest absolute Gasteiger partial charge is 0.164 e. The van der Waals surface area contributed by atoms with Crippen LogP contribution in [0.15, 0.2) is 251 Å². The quantitative estimate of drug-likeness (QED) is 0.166. The molecule has 0 aliphatic carbocycles. The maximum atomic E-state index is 6.42. The minimum Gasteiger partial charge on any atom is -0.456 e. The van der Waals surface area contributed by atoms with Crippen LogP contribution in [0.3, 0.4) is 0 Å². The summed E-state index contributed by atoms with van der Waals surface area (Å²) < 4.78 is 19.8. The molecule has 0 amide bonds. The Labute approximate surface area is 438 Å². The predicted molar refractivity (Wildman–Crippen MR) is 314 cm³/mol. The van der Waals surface area contributed by atoms with Gasteiger partial charge in [-0.1, -0.05) is 109 Å². The molecule has 6 aromatic heterocycles. The molecule has 8 heteroatoms. The maximum Gasteiger partial charge on any atom is 0.164 e. The zero-order valence-electron chi connectivity index (χ0n) is 41.1. The number of benzene rings is 11. The van der Waals surface area contributed by atoms with Gasteiger partial charge in [0.15, 0.2) is 17.5 Å². The second-order valence-corrected chi connectivity index (χ2v) is 19.9. The molecule has 0 N–H and O–H groups in total. The molecule has 0 spiro atoms. The normalized spacial score (nSPS) is 12.2. The fourth-order valence-corrected chi connectivity index (χ4v) is 12.2. The van der Waals surface area contributed by atoms with Gasteiger partial charge in [0, 0.05) is 99.7 Å². The van der Waals surface area contributed by atoms with Gasteiger partial charge in [0.1, 0.15) is 22.3 Å². The molecule has 0 saturated heterocycles. The fraction of sp³-hybridized carbons (Fsp3) is 0. The van der Waals surface area contributed by atoms with Gasteiger partial charge in [0.25, 0.3) is 0 Å². The molecule has 0 aliphatic heterocycles.